The van der Waals surface area contributed by atoms with Gasteiger partial charge < -0.3 is 5.32 Å². The number of hydrogen-bond donors (Lipinski definition) is 1. The number of nitrogens with zero attached hydrogens (tertiary/aromatic N) is 3. The number of amides is 1. The molecule has 0 bridgehead atoms. The van der Waals surface area contributed by atoms with E-state index in [-0.39, 0.29) is 17.4 Å². The smallest absolute Gasteiger partial charge is 0.276 e. The summed E-state index contributed by atoms with van der Waals surface area (Å²) in [6.07, 6.45) is 3.02. The van der Waals surface area contributed by atoms with Crippen molar-refractivity contribution in [2.75, 3.05) is 5.32 Å². The van der Waals surface area contributed by atoms with Crippen molar-refractivity contribution < 1.29 is 9.59 Å². The lowest BCUT2D eigenvalue weighted by Crippen LogP contribution is -2.15. The molecule has 132 valence electrons. The lowest BCUT2D eigenvalue weighted by atomic mass is 10.1. The van der Waals surface area contributed by atoms with E-state index in [0.717, 1.165) is 10.2 Å². The number of aromatic nitrogens is 3. The van der Waals surface area contributed by atoms with Crippen LogP contribution in [0.4, 0.5) is 5.69 Å². The van der Waals surface area contributed by atoms with Crippen LogP contribution in [0.3, 0.4) is 0 Å². The molecule has 0 aliphatic heterocycles. The fourth-order valence-corrected chi connectivity index (χ4v) is 3.58. The second-order valence-corrected chi connectivity index (χ2v) is 6.86. The molecule has 27 heavy (non-hydrogen) atoms. The van der Waals surface area contributed by atoms with Gasteiger partial charge in [-0.25, -0.2) is 15.0 Å². The molecule has 0 aliphatic carbocycles. The van der Waals surface area contributed by atoms with Crippen LogP contribution in [0.1, 0.15) is 27.8 Å². The number of carbonyl (C=O) groups is 2. The average Bonchev–Trinajstić information content (AvgIpc) is 3.12. The number of Topliss-reactive ketones (excluding diaryl/α,β-unsaturated/α-hetero) is 1. The summed E-state index contributed by atoms with van der Waals surface area (Å²) >= 11 is 1.46. The summed E-state index contributed by atoms with van der Waals surface area (Å²) in [6.45, 7) is 1.50. The molecule has 1 N–H and O–H groups in total. The Hall–Kier alpha value is -3.45. The second-order valence-electron chi connectivity index (χ2n) is 5.83. The molecule has 2 aromatic carbocycles. The SMILES string of the molecule is CC(=O)c1ccc(NC(=O)c2nccnc2-c2nc3ccccc3s2)cc1. The van der Waals surface area contributed by atoms with Gasteiger partial charge in [0.15, 0.2) is 11.5 Å². The molecule has 4 rings (SSSR count). The van der Waals surface area contributed by atoms with Gasteiger partial charge >= 0.3 is 0 Å². The maximum atomic E-state index is 12.7. The molecule has 0 saturated heterocycles. The van der Waals surface area contributed by atoms with E-state index in [0.29, 0.717) is 22.0 Å². The van der Waals surface area contributed by atoms with Gasteiger partial charge in [0.1, 0.15) is 10.7 Å². The molecule has 0 fully saturated rings. The van der Waals surface area contributed by atoms with Gasteiger partial charge in [0.05, 0.1) is 10.2 Å². The predicted octanol–water partition coefficient (Wildman–Crippen LogP) is 4.21. The van der Waals surface area contributed by atoms with Gasteiger partial charge in [0, 0.05) is 23.6 Å². The van der Waals surface area contributed by atoms with Crippen LogP contribution >= 0.6 is 11.3 Å². The first-order valence-corrected chi connectivity index (χ1v) is 9.03. The van der Waals surface area contributed by atoms with Gasteiger partial charge in [-0.15, -0.1) is 11.3 Å². The fourth-order valence-electron chi connectivity index (χ4n) is 2.61. The van der Waals surface area contributed by atoms with Gasteiger partial charge in [-0.3, -0.25) is 9.59 Å². The minimum atomic E-state index is -0.382. The Morgan fingerprint density at radius 1 is 0.963 bits per heavy atom. The Morgan fingerprint density at radius 2 is 1.70 bits per heavy atom. The van der Waals surface area contributed by atoms with Crippen molar-refractivity contribution in [3.63, 3.8) is 0 Å². The van der Waals surface area contributed by atoms with Gasteiger partial charge in [0.2, 0.25) is 0 Å². The molecule has 0 atom stereocenters. The number of nitrogens with one attached hydrogen (secondary N) is 1. The Labute approximate surface area is 158 Å². The number of para-hydroxylation sites is 1. The quantitative estimate of drug-likeness (QED) is 0.541. The minimum absolute atomic E-state index is 0.0278. The molecule has 6 nitrogen and oxygen atoms in total. The molecule has 0 unspecified atom stereocenters. The van der Waals surface area contributed by atoms with Crippen LogP contribution in [-0.4, -0.2) is 26.6 Å². The molecule has 4 aromatic rings. The van der Waals surface area contributed by atoms with E-state index in [2.05, 4.69) is 20.3 Å². The van der Waals surface area contributed by atoms with Crippen LogP contribution in [0.25, 0.3) is 20.9 Å². The monoisotopic (exact) mass is 374 g/mol. The molecule has 0 spiro atoms. The van der Waals surface area contributed by atoms with Gasteiger partial charge in [-0.05, 0) is 43.3 Å². The number of carbonyl (C=O) groups excluding carboxylic acids is 2. The van der Waals surface area contributed by atoms with Crippen LogP contribution in [0.15, 0.2) is 60.9 Å². The van der Waals surface area contributed by atoms with Crippen molar-refractivity contribution in [2.45, 2.75) is 6.92 Å². The summed E-state index contributed by atoms with van der Waals surface area (Å²) in [6, 6.07) is 14.5. The van der Waals surface area contributed by atoms with E-state index in [1.807, 2.05) is 24.3 Å². The molecular weight excluding hydrogens is 360 g/mol. The van der Waals surface area contributed by atoms with Gasteiger partial charge in [-0.1, -0.05) is 12.1 Å². The van der Waals surface area contributed by atoms with Crippen LogP contribution in [0, 0.1) is 0 Å². The largest absolute Gasteiger partial charge is 0.321 e. The number of hydrogen-bond acceptors (Lipinski definition) is 6. The maximum absolute atomic E-state index is 12.7. The first-order valence-electron chi connectivity index (χ1n) is 8.21. The zero-order valence-electron chi connectivity index (χ0n) is 14.3. The third kappa shape index (κ3) is 3.45. The summed E-state index contributed by atoms with van der Waals surface area (Å²) < 4.78 is 1.02. The first kappa shape index (κ1) is 17.0. The van der Waals surface area contributed by atoms with Crippen LogP contribution in [-0.2, 0) is 0 Å². The van der Waals surface area contributed by atoms with Crippen molar-refractivity contribution in [3.8, 4) is 10.7 Å². The minimum Gasteiger partial charge on any atom is -0.321 e. The summed E-state index contributed by atoms with van der Waals surface area (Å²) in [5, 5.41) is 3.43. The molecule has 7 heteroatoms. The summed E-state index contributed by atoms with van der Waals surface area (Å²) in [4.78, 5) is 37.2. The lowest BCUT2D eigenvalue weighted by Gasteiger charge is -2.07. The Kier molecular flexibility index (Phi) is 4.43. The third-order valence-corrected chi connectivity index (χ3v) is 5.00. The highest BCUT2D eigenvalue weighted by molar-refractivity contribution is 7.21. The summed E-state index contributed by atoms with van der Waals surface area (Å²) in [5.74, 6) is -0.409. The highest BCUT2D eigenvalue weighted by Crippen LogP contribution is 2.30. The van der Waals surface area contributed by atoms with Crippen molar-refractivity contribution in [1.82, 2.24) is 15.0 Å². The highest BCUT2D eigenvalue weighted by Gasteiger charge is 2.19. The molecule has 0 saturated carbocycles. The molecule has 2 aromatic heterocycles. The molecular formula is C20H14N4O2S. The number of anilines is 1. The molecule has 0 radical (unpaired) electrons. The van der Waals surface area contributed by atoms with Crippen LogP contribution in [0.5, 0.6) is 0 Å². The summed E-state index contributed by atoms with van der Waals surface area (Å²) in [7, 11) is 0. The van der Waals surface area contributed by atoms with Gasteiger partial charge in [0.25, 0.3) is 5.91 Å². The van der Waals surface area contributed by atoms with Crippen molar-refractivity contribution in [3.05, 3.63) is 72.2 Å². The van der Waals surface area contributed by atoms with Gasteiger partial charge in [-0.2, -0.15) is 0 Å². The van der Waals surface area contributed by atoms with Crippen molar-refractivity contribution in [1.29, 1.82) is 0 Å². The number of ketones is 1. The number of fused-ring (bicyclic) bond motifs is 1. The van der Waals surface area contributed by atoms with Crippen molar-refractivity contribution in [2.24, 2.45) is 0 Å². The molecule has 0 aliphatic rings. The van der Waals surface area contributed by atoms with E-state index in [1.54, 1.807) is 30.5 Å². The van der Waals surface area contributed by atoms with E-state index >= 15 is 0 Å². The zero-order valence-corrected chi connectivity index (χ0v) is 15.2. The van der Waals surface area contributed by atoms with E-state index in [1.165, 1.54) is 24.5 Å². The first-order chi connectivity index (χ1) is 13.1. The molecule has 1 amide bonds. The average molecular weight is 374 g/mol. The maximum Gasteiger partial charge on any atom is 0.276 e. The van der Waals surface area contributed by atoms with E-state index in [9.17, 15) is 9.59 Å². The number of benzene rings is 2. The predicted molar refractivity (Wildman–Crippen MR) is 105 cm³/mol. The Balaban J connectivity index is 1.65. The van der Waals surface area contributed by atoms with E-state index < -0.39 is 0 Å². The normalized spacial score (nSPS) is 10.7. The van der Waals surface area contributed by atoms with Crippen LogP contribution in [0.2, 0.25) is 0 Å². The zero-order chi connectivity index (χ0) is 18.8. The third-order valence-electron chi connectivity index (χ3n) is 3.96. The highest BCUT2D eigenvalue weighted by atomic mass is 32.1. The topological polar surface area (TPSA) is 84.8 Å². The van der Waals surface area contributed by atoms with E-state index in [4.69, 9.17) is 0 Å². The second kappa shape index (κ2) is 7.05. The Morgan fingerprint density at radius 3 is 2.44 bits per heavy atom. The fraction of sp³-hybridized carbons (Fsp3) is 0.0500. The summed E-state index contributed by atoms with van der Waals surface area (Å²) in [5.41, 5.74) is 2.66. The lowest BCUT2D eigenvalue weighted by molar-refractivity contribution is 0.101. The van der Waals surface area contributed by atoms with Crippen molar-refractivity contribution >= 4 is 38.9 Å². The number of thiazole rings is 1. The van der Waals surface area contributed by atoms with Crippen LogP contribution < -0.4 is 5.32 Å². The standard InChI is InChI=1S/C20H14N4O2S/c1-12(25)13-6-8-14(9-7-13)23-19(26)17-18(22-11-10-21-17)20-24-15-4-2-3-5-16(15)27-20/h2-11H,1H3,(H,23,26). The Bertz CT molecular complexity index is 1120. The number of rotatable bonds is 4. The molecule has 2 heterocycles.